The Morgan fingerprint density at radius 3 is 2.06 bits per heavy atom. The van der Waals surface area contributed by atoms with E-state index < -0.39 is 0 Å². The first kappa shape index (κ1) is 26.6. The molecular weight excluding hydrogens is 591 g/mol. The Kier molecular flexibility index (Phi) is 5.50. The van der Waals surface area contributed by atoms with Gasteiger partial charge < -0.3 is 4.57 Å². The lowest BCUT2D eigenvalue weighted by atomic mass is 9.81. The molecule has 4 heteroatoms. The molecule has 0 unspecified atom stereocenters. The molecule has 3 heterocycles. The van der Waals surface area contributed by atoms with Crippen molar-refractivity contribution in [1.29, 1.82) is 0 Å². The van der Waals surface area contributed by atoms with Gasteiger partial charge in [-0.2, -0.15) is 0 Å². The van der Waals surface area contributed by atoms with Crippen molar-refractivity contribution in [3.8, 4) is 39.5 Å². The monoisotopic (exact) mass is 619 g/mol. The smallest absolute Gasteiger partial charge is 0.159 e. The lowest BCUT2D eigenvalue weighted by molar-refractivity contribution is 0.664. The number of hydrogen-bond donors (Lipinski definition) is 0. The van der Waals surface area contributed by atoms with Crippen LogP contribution in [0.2, 0.25) is 0 Å². The van der Waals surface area contributed by atoms with Crippen LogP contribution in [0.4, 0.5) is 0 Å². The Hall–Kier alpha value is -5.58. The van der Waals surface area contributed by atoms with Crippen LogP contribution in [0.15, 0.2) is 140 Å². The summed E-state index contributed by atoms with van der Waals surface area (Å²) in [5, 5.41) is 5.08. The van der Waals surface area contributed by atoms with Crippen molar-refractivity contribution in [2.24, 2.45) is 0 Å². The Balaban J connectivity index is 1.42. The predicted molar refractivity (Wildman–Crippen MR) is 198 cm³/mol. The minimum Gasteiger partial charge on any atom is -0.304 e. The van der Waals surface area contributed by atoms with Gasteiger partial charge in [0.1, 0.15) is 0 Å². The zero-order chi connectivity index (χ0) is 31.3. The Bertz CT molecular complexity index is 2700. The zero-order valence-corrected chi connectivity index (χ0v) is 26.8. The second kappa shape index (κ2) is 9.71. The minimum absolute atomic E-state index is 0.200. The van der Waals surface area contributed by atoms with Crippen molar-refractivity contribution < 1.29 is 0 Å². The van der Waals surface area contributed by atoms with Crippen molar-refractivity contribution in [3.05, 3.63) is 151 Å². The quantitative estimate of drug-likeness (QED) is 0.197. The molecule has 10 rings (SSSR count). The first-order chi connectivity index (χ1) is 23.1. The molecule has 222 valence electrons. The van der Waals surface area contributed by atoms with Crippen LogP contribution in [0.1, 0.15) is 25.0 Å². The fourth-order valence-corrected chi connectivity index (χ4v) is 9.18. The zero-order valence-electron chi connectivity index (χ0n) is 26.0. The number of rotatable bonds is 3. The van der Waals surface area contributed by atoms with Crippen LogP contribution in [-0.4, -0.2) is 14.5 Å². The van der Waals surface area contributed by atoms with Crippen molar-refractivity contribution in [1.82, 2.24) is 14.5 Å². The molecule has 0 N–H and O–H groups in total. The van der Waals surface area contributed by atoms with Gasteiger partial charge in [-0.05, 0) is 28.3 Å². The number of hydrogen-bond acceptors (Lipinski definition) is 3. The lowest BCUT2D eigenvalue weighted by Crippen LogP contribution is -2.16. The molecule has 0 saturated heterocycles. The second-order valence-corrected chi connectivity index (χ2v) is 14.0. The summed E-state index contributed by atoms with van der Waals surface area (Å²) in [6.45, 7) is 4.75. The van der Waals surface area contributed by atoms with E-state index in [9.17, 15) is 0 Å². The van der Waals surface area contributed by atoms with Gasteiger partial charge >= 0.3 is 0 Å². The van der Waals surface area contributed by atoms with Crippen LogP contribution < -0.4 is 0 Å². The predicted octanol–water partition coefficient (Wildman–Crippen LogP) is 11.6. The summed E-state index contributed by atoms with van der Waals surface area (Å²) in [4.78, 5) is 10.4. The third-order valence-corrected chi connectivity index (χ3v) is 11.2. The maximum Gasteiger partial charge on any atom is 0.159 e. The molecule has 1 aliphatic rings. The number of fused-ring (bicyclic) bond motifs is 11. The van der Waals surface area contributed by atoms with E-state index in [1.165, 1.54) is 64.2 Å². The average Bonchev–Trinajstić information content (AvgIpc) is 3.74. The van der Waals surface area contributed by atoms with E-state index in [1.54, 1.807) is 0 Å². The SMILES string of the molecule is CC1(C)c2ccccc2-c2ccc3c4ccc5c6ccccc6sc5c4n(-c4cnc(-c5ccccc5)nc4-c4ccccc4)c3c21. The van der Waals surface area contributed by atoms with Crippen LogP contribution in [0, 0.1) is 0 Å². The molecule has 0 fully saturated rings. The van der Waals surface area contributed by atoms with Gasteiger partial charge in [0.15, 0.2) is 5.82 Å². The first-order valence-electron chi connectivity index (χ1n) is 16.1. The highest BCUT2D eigenvalue weighted by Gasteiger charge is 2.39. The lowest BCUT2D eigenvalue weighted by Gasteiger charge is -2.24. The number of aromatic nitrogens is 3. The molecule has 0 aliphatic heterocycles. The summed E-state index contributed by atoms with van der Waals surface area (Å²) in [6, 6.07) is 47.9. The van der Waals surface area contributed by atoms with Gasteiger partial charge in [-0.3, -0.25) is 0 Å². The van der Waals surface area contributed by atoms with E-state index >= 15 is 0 Å². The van der Waals surface area contributed by atoms with E-state index in [2.05, 4.69) is 140 Å². The third kappa shape index (κ3) is 3.67. The van der Waals surface area contributed by atoms with E-state index in [1.807, 2.05) is 29.5 Å². The molecule has 0 bridgehead atoms. The van der Waals surface area contributed by atoms with Crippen LogP contribution >= 0.6 is 11.3 Å². The van der Waals surface area contributed by atoms with Gasteiger partial charge in [-0.25, -0.2) is 9.97 Å². The molecular formula is C43H29N3S. The summed E-state index contributed by atoms with van der Waals surface area (Å²) in [5.74, 6) is 0.721. The van der Waals surface area contributed by atoms with Crippen LogP contribution in [0.25, 0.3) is 81.4 Å². The summed E-state index contributed by atoms with van der Waals surface area (Å²) in [6.07, 6.45) is 2.05. The standard InChI is InChI=1S/C43H29N3S/c1-43(2)34-19-11-9-17-28(34)30-21-22-31-32-23-24-33-29-18-10-12-20-36(29)47-41(33)40(32)46(39(31)37(30)43)35-25-44-42(27-15-7-4-8-16-27)45-38(35)26-13-5-3-6-14-26/h3-25H,1-2H3. The molecule has 6 aromatic carbocycles. The fraction of sp³-hybridized carbons (Fsp3) is 0.0698. The number of thiophene rings is 1. The van der Waals surface area contributed by atoms with Crippen molar-refractivity contribution in [2.45, 2.75) is 19.3 Å². The van der Waals surface area contributed by atoms with Crippen LogP contribution in [0.3, 0.4) is 0 Å². The molecule has 0 atom stereocenters. The summed E-state index contributed by atoms with van der Waals surface area (Å²) in [5.41, 5.74) is 11.6. The summed E-state index contributed by atoms with van der Waals surface area (Å²) < 4.78 is 5.09. The Labute approximate surface area is 276 Å². The highest BCUT2D eigenvalue weighted by Crippen LogP contribution is 2.54. The highest BCUT2D eigenvalue weighted by atomic mass is 32.1. The van der Waals surface area contributed by atoms with E-state index in [4.69, 9.17) is 9.97 Å². The number of nitrogens with zero attached hydrogens (tertiary/aromatic N) is 3. The fourth-order valence-electron chi connectivity index (χ4n) is 7.94. The van der Waals surface area contributed by atoms with Crippen LogP contribution in [-0.2, 0) is 5.41 Å². The van der Waals surface area contributed by atoms with E-state index in [-0.39, 0.29) is 5.41 Å². The largest absolute Gasteiger partial charge is 0.304 e. The second-order valence-electron chi connectivity index (χ2n) is 13.0. The molecule has 0 saturated carbocycles. The molecule has 9 aromatic rings. The average molecular weight is 620 g/mol. The van der Waals surface area contributed by atoms with Gasteiger partial charge in [0, 0.05) is 42.8 Å². The van der Waals surface area contributed by atoms with Gasteiger partial charge in [0.25, 0.3) is 0 Å². The molecule has 0 spiro atoms. The van der Waals surface area contributed by atoms with Gasteiger partial charge in [0.2, 0.25) is 0 Å². The molecule has 0 amide bonds. The molecule has 3 nitrogen and oxygen atoms in total. The normalized spacial score (nSPS) is 13.5. The summed E-state index contributed by atoms with van der Waals surface area (Å²) in [7, 11) is 0. The Morgan fingerprint density at radius 2 is 1.23 bits per heavy atom. The van der Waals surface area contributed by atoms with Crippen molar-refractivity contribution >= 4 is 53.3 Å². The maximum atomic E-state index is 5.35. The van der Waals surface area contributed by atoms with Gasteiger partial charge in [-0.1, -0.05) is 141 Å². The van der Waals surface area contributed by atoms with Gasteiger partial charge in [0.05, 0.1) is 33.3 Å². The van der Waals surface area contributed by atoms with E-state index in [0.29, 0.717) is 0 Å². The molecule has 3 aromatic heterocycles. The van der Waals surface area contributed by atoms with Crippen molar-refractivity contribution in [2.75, 3.05) is 0 Å². The molecule has 1 aliphatic carbocycles. The van der Waals surface area contributed by atoms with E-state index in [0.717, 1.165) is 28.3 Å². The Morgan fingerprint density at radius 1 is 0.574 bits per heavy atom. The maximum absolute atomic E-state index is 5.35. The molecule has 0 radical (unpaired) electrons. The number of benzene rings is 6. The third-order valence-electron chi connectivity index (χ3n) is 10.0. The summed E-state index contributed by atoms with van der Waals surface area (Å²) >= 11 is 1.88. The van der Waals surface area contributed by atoms with Gasteiger partial charge in [-0.15, -0.1) is 11.3 Å². The topological polar surface area (TPSA) is 30.7 Å². The van der Waals surface area contributed by atoms with Crippen LogP contribution in [0.5, 0.6) is 0 Å². The first-order valence-corrected chi connectivity index (χ1v) is 16.9. The molecule has 47 heavy (non-hydrogen) atoms. The minimum atomic E-state index is -0.200. The van der Waals surface area contributed by atoms with Crippen molar-refractivity contribution in [3.63, 3.8) is 0 Å². The highest BCUT2D eigenvalue weighted by molar-refractivity contribution is 7.26.